The fourth-order valence-corrected chi connectivity index (χ4v) is 4.60. The second-order valence-corrected chi connectivity index (χ2v) is 7.99. The summed E-state index contributed by atoms with van der Waals surface area (Å²) in [6.45, 7) is 2.96. The zero-order chi connectivity index (χ0) is 18.8. The number of fused-ring (bicyclic) bond motifs is 1. The maximum absolute atomic E-state index is 6.51. The topological polar surface area (TPSA) is 47.7 Å². The van der Waals surface area contributed by atoms with Gasteiger partial charge in [-0.05, 0) is 68.1 Å². The van der Waals surface area contributed by atoms with Crippen LogP contribution < -0.4 is 15.2 Å². The Morgan fingerprint density at radius 2 is 1.85 bits per heavy atom. The minimum atomic E-state index is -0.00111. The second-order valence-electron chi connectivity index (χ2n) is 7.55. The predicted molar refractivity (Wildman–Crippen MR) is 109 cm³/mol. The number of hydrogen-bond acceptors (Lipinski definition) is 4. The number of nitrogens with zero attached hydrogens (tertiary/aromatic N) is 1. The average Bonchev–Trinajstić information content (AvgIpc) is 3.06. The minimum absolute atomic E-state index is 0.00111. The molecule has 1 heterocycles. The maximum Gasteiger partial charge on any atom is 0.140 e. The van der Waals surface area contributed by atoms with Crippen molar-refractivity contribution in [2.24, 2.45) is 11.7 Å². The van der Waals surface area contributed by atoms with Crippen molar-refractivity contribution >= 4 is 11.6 Å². The summed E-state index contributed by atoms with van der Waals surface area (Å²) < 4.78 is 11.9. The van der Waals surface area contributed by atoms with Gasteiger partial charge in [0.2, 0.25) is 0 Å². The van der Waals surface area contributed by atoms with Gasteiger partial charge in [-0.1, -0.05) is 35.9 Å². The maximum atomic E-state index is 6.51. The van der Waals surface area contributed by atoms with Crippen LogP contribution in [0.5, 0.6) is 11.5 Å². The summed E-state index contributed by atoms with van der Waals surface area (Å²) in [7, 11) is 1.64. The van der Waals surface area contributed by atoms with E-state index in [4.69, 9.17) is 26.8 Å². The smallest absolute Gasteiger partial charge is 0.140 e. The number of methoxy groups -OCH3 is 1. The Hall–Kier alpha value is -1.75. The van der Waals surface area contributed by atoms with Gasteiger partial charge in [0.15, 0.2) is 0 Å². The molecule has 2 aromatic rings. The molecule has 0 amide bonds. The number of halogens is 1. The molecule has 2 atom stereocenters. The standard InChI is InChI=1S/C22H27ClN2O2/c1-26-18-11-17(23)12-19(13-18)27-22-20-5-3-2-4-16(20)10-21(22)25-8-6-15(14-24)7-9-25/h2-5,11-13,15,21-22H,6-10,14,24H2,1H3/t21-,22-/m1/s1. The first-order chi connectivity index (χ1) is 13.2. The van der Waals surface area contributed by atoms with Crippen molar-refractivity contribution in [3.8, 4) is 11.5 Å². The van der Waals surface area contributed by atoms with Gasteiger partial charge in [-0.2, -0.15) is 0 Å². The van der Waals surface area contributed by atoms with E-state index in [1.807, 2.05) is 12.1 Å². The fourth-order valence-electron chi connectivity index (χ4n) is 4.39. The molecular weight excluding hydrogens is 360 g/mol. The molecule has 0 saturated carbocycles. The van der Waals surface area contributed by atoms with Gasteiger partial charge in [0.05, 0.1) is 13.2 Å². The Morgan fingerprint density at radius 1 is 1.11 bits per heavy atom. The summed E-state index contributed by atoms with van der Waals surface area (Å²) in [6, 6.07) is 14.5. The molecule has 144 valence electrons. The molecule has 1 aliphatic carbocycles. The fraction of sp³-hybridized carbons (Fsp3) is 0.455. The highest BCUT2D eigenvalue weighted by Gasteiger charge is 2.39. The van der Waals surface area contributed by atoms with Crippen molar-refractivity contribution in [2.75, 3.05) is 26.7 Å². The van der Waals surface area contributed by atoms with Crippen molar-refractivity contribution in [3.05, 3.63) is 58.6 Å². The second kappa shape index (κ2) is 8.09. The summed E-state index contributed by atoms with van der Waals surface area (Å²) in [5, 5.41) is 0.621. The summed E-state index contributed by atoms with van der Waals surface area (Å²) in [6.07, 6.45) is 3.35. The van der Waals surface area contributed by atoms with E-state index in [-0.39, 0.29) is 6.10 Å². The molecule has 2 aliphatic rings. The molecule has 2 N–H and O–H groups in total. The molecule has 27 heavy (non-hydrogen) atoms. The van der Waals surface area contributed by atoms with Crippen molar-refractivity contribution in [3.63, 3.8) is 0 Å². The highest BCUT2D eigenvalue weighted by Crippen LogP contribution is 2.40. The van der Waals surface area contributed by atoms with Gasteiger partial charge in [-0.15, -0.1) is 0 Å². The number of piperidine rings is 1. The van der Waals surface area contributed by atoms with Gasteiger partial charge in [0.25, 0.3) is 0 Å². The van der Waals surface area contributed by atoms with Gasteiger partial charge in [-0.3, -0.25) is 4.90 Å². The zero-order valence-electron chi connectivity index (χ0n) is 15.7. The van der Waals surface area contributed by atoms with E-state index in [1.54, 1.807) is 13.2 Å². The van der Waals surface area contributed by atoms with E-state index < -0.39 is 0 Å². The van der Waals surface area contributed by atoms with Crippen molar-refractivity contribution < 1.29 is 9.47 Å². The van der Waals surface area contributed by atoms with E-state index in [2.05, 4.69) is 29.2 Å². The highest BCUT2D eigenvalue weighted by molar-refractivity contribution is 6.30. The minimum Gasteiger partial charge on any atom is -0.497 e. The van der Waals surface area contributed by atoms with Gasteiger partial charge >= 0.3 is 0 Å². The molecule has 0 bridgehead atoms. The Balaban J connectivity index is 1.59. The molecular formula is C22H27ClN2O2. The van der Waals surface area contributed by atoms with E-state index in [0.717, 1.165) is 31.8 Å². The number of likely N-dealkylation sites (tertiary alicyclic amines) is 1. The Labute approximate surface area is 166 Å². The third-order valence-electron chi connectivity index (χ3n) is 5.94. The van der Waals surface area contributed by atoms with Crippen LogP contribution in [0.3, 0.4) is 0 Å². The summed E-state index contributed by atoms with van der Waals surface area (Å²) in [5.41, 5.74) is 8.53. The number of nitrogens with two attached hydrogens (primary N) is 1. The largest absolute Gasteiger partial charge is 0.497 e. The first-order valence-corrected chi connectivity index (χ1v) is 10.1. The summed E-state index contributed by atoms with van der Waals surface area (Å²) >= 11 is 6.25. The molecule has 4 nitrogen and oxygen atoms in total. The average molecular weight is 387 g/mol. The number of ether oxygens (including phenoxy) is 2. The lowest BCUT2D eigenvalue weighted by Gasteiger charge is -2.38. The Morgan fingerprint density at radius 3 is 2.59 bits per heavy atom. The lowest BCUT2D eigenvalue weighted by atomic mass is 9.95. The Bertz CT molecular complexity index is 790. The van der Waals surface area contributed by atoms with Crippen LogP contribution in [0.2, 0.25) is 5.02 Å². The molecule has 2 aromatic carbocycles. The van der Waals surface area contributed by atoms with Crippen molar-refractivity contribution in [1.82, 2.24) is 4.90 Å². The third kappa shape index (κ3) is 3.93. The van der Waals surface area contributed by atoms with E-state index in [1.165, 1.54) is 24.0 Å². The van der Waals surface area contributed by atoms with Crippen LogP contribution in [0, 0.1) is 5.92 Å². The van der Waals surface area contributed by atoms with E-state index in [9.17, 15) is 0 Å². The molecule has 0 aromatic heterocycles. The first-order valence-electron chi connectivity index (χ1n) is 9.71. The van der Waals surface area contributed by atoms with Crippen molar-refractivity contribution in [1.29, 1.82) is 0 Å². The highest BCUT2D eigenvalue weighted by atomic mass is 35.5. The molecule has 5 heteroatoms. The summed E-state index contributed by atoms with van der Waals surface area (Å²) in [5.74, 6) is 2.12. The van der Waals surface area contributed by atoms with Crippen LogP contribution in [0.25, 0.3) is 0 Å². The Kier molecular flexibility index (Phi) is 5.58. The SMILES string of the molecule is COc1cc(Cl)cc(O[C@@H]2c3ccccc3C[C@H]2N2CCC(CN)CC2)c1. The summed E-state index contributed by atoms with van der Waals surface area (Å²) in [4.78, 5) is 2.58. The van der Waals surface area contributed by atoms with Crippen LogP contribution in [-0.4, -0.2) is 37.7 Å². The predicted octanol–water partition coefficient (Wildman–Crippen LogP) is 4.06. The zero-order valence-corrected chi connectivity index (χ0v) is 16.5. The van der Waals surface area contributed by atoms with Gasteiger partial charge < -0.3 is 15.2 Å². The van der Waals surface area contributed by atoms with Crippen LogP contribution >= 0.6 is 11.6 Å². The van der Waals surface area contributed by atoms with Crippen LogP contribution in [0.1, 0.15) is 30.1 Å². The lowest BCUT2D eigenvalue weighted by Crippen LogP contribution is -2.45. The number of hydrogen-bond donors (Lipinski definition) is 1. The van der Waals surface area contributed by atoms with Crippen LogP contribution in [-0.2, 0) is 6.42 Å². The van der Waals surface area contributed by atoms with Crippen LogP contribution in [0.15, 0.2) is 42.5 Å². The third-order valence-corrected chi connectivity index (χ3v) is 6.15. The normalized spacial score (nSPS) is 23.2. The molecule has 0 radical (unpaired) electrons. The molecule has 0 spiro atoms. The molecule has 1 saturated heterocycles. The number of rotatable bonds is 5. The van der Waals surface area contributed by atoms with E-state index >= 15 is 0 Å². The molecule has 1 fully saturated rings. The first kappa shape index (κ1) is 18.6. The van der Waals surface area contributed by atoms with E-state index in [0.29, 0.717) is 22.7 Å². The van der Waals surface area contributed by atoms with Gasteiger partial charge in [-0.25, -0.2) is 0 Å². The monoisotopic (exact) mass is 386 g/mol. The van der Waals surface area contributed by atoms with Gasteiger partial charge in [0.1, 0.15) is 17.6 Å². The molecule has 1 aliphatic heterocycles. The molecule has 4 rings (SSSR count). The van der Waals surface area contributed by atoms with Crippen molar-refractivity contribution in [2.45, 2.75) is 31.4 Å². The quantitative estimate of drug-likeness (QED) is 0.841. The number of benzene rings is 2. The molecule has 0 unspecified atom stereocenters. The van der Waals surface area contributed by atoms with Gasteiger partial charge in [0, 0.05) is 11.1 Å². The lowest BCUT2D eigenvalue weighted by molar-refractivity contribution is 0.0537. The van der Waals surface area contributed by atoms with Crippen LogP contribution in [0.4, 0.5) is 0 Å².